The van der Waals surface area contributed by atoms with E-state index in [0.717, 1.165) is 11.1 Å². The highest BCUT2D eigenvalue weighted by atomic mass is 16.3. The van der Waals surface area contributed by atoms with Gasteiger partial charge in [-0.1, -0.05) is 35.9 Å². The maximum absolute atomic E-state index is 10.5. The summed E-state index contributed by atoms with van der Waals surface area (Å²) in [5.41, 5.74) is 6.98. The average Bonchev–Trinajstić information content (AvgIpc) is 2.16. The van der Waals surface area contributed by atoms with Crippen molar-refractivity contribution in [2.45, 2.75) is 13.0 Å². The zero-order chi connectivity index (χ0) is 10.6. The van der Waals surface area contributed by atoms with Gasteiger partial charge in [0, 0.05) is 0 Å². The molecule has 1 aromatic carbocycles. The van der Waals surface area contributed by atoms with Crippen LogP contribution in [0.1, 0.15) is 11.1 Å². The largest absolute Gasteiger partial charge is 0.379 e. The molecule has 3 heteroatoms. The number of hydrogen-bond donors (Lipinski definition) is 2. The molecule has 0 saturated carbocycles. The minimum Gasteiger partial charge on any atom is -0.379 e. The van der Waals surface area contributed by atoms with E-state index in [1.165, 1.54) is 6.08 Å². The summed E-state index contributed by atoms with van der Waals surface area (Å²) in [6.45, 7) is 1.99. The minimum atomic E-state index is -1.21. The first-order chi connectivity index (χ1) is 6.59. The number of carbonyl (C=O) groups excluding carboxylic acids is 1. The van der Waals surface area contributed by atoms with Crippen LogP contribution in [0.5, 0.6) is 0 Å². The third-order valence-electron chi connectivity index (χ3n) is 1.84. The smallest absolute Gasteiger partial charge is 0.250 e. The zero-order valence-corrected chi connectivity index (χ0v) is 7.97. The Bertz CT molecular complexity index is 341. The molecule has 0 bridgehead atoms. The zero-order valence-electron chi connectivity index (χ0n) is 7.97. The van der Waals surface area contributed by atoms with Crippen LogP contribution >= 0.6 is 0 Å². The lowest BCUT2D eigenvalue weighted by Gasteiger charge is -1.98. The fourth-order valence-electron chi connectivity index (χ4n) is 0.975. The molecular weight excluding hydrogens is 178 g/mol. The summed E-state index contributed by atoms with van der Waals surface area (Å²) in [5.74, 6) is -0.742. The molecule has 74 valence electrons. The fourth-order valence-corrected chi connectivity index (χ4v) is 0.975. The number of benzene rings is 1. The van der Waals surface area contributed by atoms with Crippen LogP contribution in [0.3, 0.4) is 0 Å². The van der Waals surface area contributed by atoms with Crippen molar-refractivity contribution in [3.63, 3.8) is 0 Å². The molecule has 0 aliphatic carbocycles. The number of primary amides is 1. The van der Waals surface area contributed by atoms with Crippen LogP contribution in [-0.4, -0.2) is 17.1 Å². The molecular formula is C11H13NO2. The van der Waals surface area contributed by atoms with E-state index >= 15 is 0 Å². The number of hydrogen-bond acceptors (Lipinski definition) is 2. The van der Waals surface area contributed by atoms with Crippen molar-refractivity contribution >= 4 is 12.0 Å². The summed E-state index contributed by atoms with van der Waals surface area (Å²) in [6, 6.07) is 7.71. The van der Waals surface area contributed by atoms with Gasteiger partial charge in [0.25, 0.3) is 0 Å². The maximum Gasteiger partial charge on any atom is 0.250 e. The molecule has 1 atom stereocenters. The Hall–Kier alpha value is -1.61. The summed E-state index contributed by atoms with van der Waals surface area (Å²) in [4.78, 5) is 10.5. The van der Waals surface area contributed by atoms with E-state index in [4.69, 9.17) is 10.8 Å². The standard InChI is InChI=1S/C11H13NO2/c1-8-2-4-9(5-3-8)6-7-10(13)11(12)14/h2-7,10,13H,1H3,(H2,12,14). The molecule has 3 N–H and O–H groups in total. The average molecular weight is 191 g/mol. The lowest BCUT2D eigenvalue weighted by molar-refractivity contribution is -0.123. The first-order valence-corrected chi connectivity index (χ1v) is 4.32. The van der Waals surface area contributed by atoms with Gasteiger partial charge in [-0.2, -0.15) is 0 Å². The van der Waals surface area contributed by atoms with E-state index in [2.05, 4.69) is 0 Å². The highest BCUT2D eigenvalue weighted by Gasteiger charge is 2.04. The predicted molar refractivity (Wildman–Crippen MR) is 55.4 cm³/mol. The van der Waals surface area contributed by atoms with Crippen LogP contribution in [0.2, 0.25) is 0 Å². The van der Waals surface area contributed by atoms with E-state index < -0.39 is 12.0 Å². The molecule has 1 amide bonds. The van der Waals surface area contributed by atoms with Gasteiger partial charge in [0.15, 0.2) is 6.10 Å². The highest BCUT2D eigenvalue weighted by Crippen LogP contribution is 2.05. The monoisotopic (exact) mass is 191 g/mol. The Labute approximate surface area is 82.9 Å². The summed E-state index contributed by atoms with van der Waals surface area (Å²) in [7, 11) is 0. The molecule has 0 aliphatic rings. The van der Waals surface area contributed by atoms with Gasteiger partial charge in [0.05, 0.1) is 0 Å². The second-order valence-electron chi connectivity index (χ2n) is 3.12. The molecule has 0 fully saturated rings. The van der Waals surface area contributed by atoms with Crippen LogP contribution < -0.4 is 5.73 Å². The molecule has 0 spiro atoms. The molecule has 3 nitrogen and oxygen atoms in total. The van der Waals surface area contributed by atoms with Crippen molar-refractivity contribution in [2.75, 3.05) is 0 Å². The van der Waals surface area contributed by atoms with Crippen molar-refractivity contribution < 1.29 is 9.90 Å². The van der Waals surface area contributed by atoms with Crippen molar-refractivity contribution in [1.29, 1.82) is 0 Å². The second kappa shape index (κ2) is 4.58. The molecule has 0 saturated heterocycles. The second-order valence-corrected chi connectivity index (χ2v) is 3.12. The number of amides is 1. The summed E-state index contributed by atoms with van der Waals surface area (Å²) >= 11 is 0. The topological polar surface area (TPSA) is 63.3 Å². The van der Waals surface area contributed by atoms with Gasteiger partial charge in [0.2, 0.25) is 5.91 Å². The summed E-state index contributed by atoms with van der Waals surface area (Å²) in [5, 5.41) is 9.08. The number of carbonyl (C=O) groups is 1. The number of aryl methyl sites for hydroxylation is 1. The van der Waals surface area contributed by atoms with E-state index in [-0.39, 0.29) is 0 Å². The van der Waals surface area contributed by atoms with Gasteiger partial charge in [-0.15, -0.1) is 0 Å². The highest BCUT2D eigenvalue weighted by molar-refractivity contribution is 5.81. The first-order valence-electron chi connectivity index (χ1n) is 4.32. The van der Waals surface area contributed by atoms with Gasteiger partial charge >= 0.3 is 0 Å². The van der Waals surface area contributed by atoms with E-state index in [1.807, 2.05) is 31.2 Å². The van der Waals surface area contributed by atoms with Gasteiger partial charge in [0.1, 0.15) is 0 Å². The molecule has 0 radical (unpaired) electrons. The van der Waals surface area contributed by atoms with Crippen molar-refractivity contribution in [3.8, 4) is 0 Å². The third kappa shape index (κ3) is 3.03. The quantitative estimate of drug-likeness (QED) is 0.744. The Morgan fingerprint density at radius 3 is 2.50 bits per heavy atom. The van der Waals surface area contributed by atoms with Gasteiger partial charge in [-0.3, -0.25) is 4.79 Å². The molecule has 14 heavy (non-hydrogen) atoms. The Balaban J connectivity index is 2.69. The van der Waals surface area contributed by atoms with Crippen LogP contribution in [0.25, 0.3) is 6.08 Å². The minimum absolute atomic E-state index is 0.742. The number of rotatable bonds is 3. The summed E-state index contributed by atoms with van der Waals surface area (Å²) in [6.07, 6.45) is 1.82. The van der Waals surface area contributed by atoms with Crippen molar-refractivity contribution in [1.82, 2.24) is 0 Å². The van der Waals surface area contributed by atoms with Crippen LogP contribution in [0.15, 0.2) is 30.3 Å². The van der Waals surface area contributed by atoms with Crippen molar-refractivity contribution in [3.05, 3.63) is 41.5 Å². The van der Waals surface area contributed by atoms with E-state index in [0.29, 0.717) is 0 Å². The Morgan fingerprint density at radius 1 is 1.43 bits per heavy atom. The molecule has 0 aromatic heterocycles. The SMILES string of the molecule is Cc1ccc(C=CC(O)C(N)=O)cc1. The molecule has 1 rings (SSSR count). The number of aliphatic hydroxyl groups is 1. The lowest BCUT2D eigenvalue weighted by Crippen LogP contribution is -2.25. The van der Waals surface area contributed by atoms with Gasteiger partial charge < -0.3 is 10.8 Å². The fraction of sp³-hybridized carbons (Fsp3) is 0.182. The van der Waals surface area contributed by atoms with Crippen LogP contribution in [-0.2, 0) is 4.79 Å². The van der Waals surface area contributed by atoms with Gasteiger partial charge in [-0.05, 0) is 18.6 Å². The first kappa shape index (κ1) is 10.5. The van der Waals surface area contributed by atoms with E-state index in [9.17, 15) is 4.79 Å². The maximum atomic E-state index is 10.5. The molecule has 1 unspecified atom stereocenters. The van der Waals surface area contributed by atoms with Crippen LogP contribution in [0.4, 0.5) is 0 Å². The normalized spacial score (nSPS) is 13.0. The third-order valence-corrected chi connectivity index (χ3v) is 1.84. The summed E-state index contributed by atoms with van der Waals surface area (Å²) < 4.78 is 0. The molecule has 1 aromatic rings. The number of aliphatic hydroxyl groups excluding tert-OH is 1. The molecule has 0 aliphatic heterocycles. The lowest BCUT2D eigenvalue weighted by atomic mass is 10.1. The van der Waals surface area contributed by atoms with E-state index in [1.54, 1.807) is 6.08 Å². The van der Waals surface area contributed by atoms with Gasteiger partial charge in [-0.25, -0.2) is 0 Å². The predicted octanol–water partition coefficient (Wildman–Crippen LogP) is 0.854. The molecule has 0 heterocycles. The number of nitrogens with two attached hydrogens (primary N) is 1. The Morgan fingerprint density at radius 2 is 2.00 bits per heavy atom. The van der Waals surface area contributed by atoms with Crippen LogP contribution in [0, 0.1) is 6.92 Å². The van der Waals surface area contributed by atoms with Crippen molar-refractivity contribution in [2.24, 2.45) is 5.73 Å². The Kier molecular flexibility index (Phi) is 3.42.